The monoisotopic (exact) mass is 390 g/mol. The maximum absolute atomic E-state index is 3.80. The Kier molecular flexibility index (Phi) is 4.13. The first-order valence-corrected chi connectivity index (χ1v) is 8.59. The molecule has 0 aliphatic heterocycles. The van der Waals surface area contributed by atoms with Crippen LogP contribution in [-0.4, -0.2) is 0 Å². The average Bonchev–Trinajstić information content (AvgIpc) is 2.50. The summed E-state index contributed by atoms with van der Waals surface area (Å²) in [6.45, 7) is 2.24. The molecule has 0 spiro atoms. The normalized spacial score (nSPS) is 11.3. The molecule has 102 valence electrons. The minimum absolute atomic E-state index is 1.16. The highest BCUT2D eigenvalue weighted by atomic mass is 79.9. The SMILES string of the molecule is CCCCc1ccc2c(Br)c3ccccc3c(Br)c2c1. The number of hydrogen-bond donors (Lipinski definition) is 0. The molecule has 0 saturated heterocycles. The van der Waals surface area contributed by atoms with Gasteiger partial charge in [-0.25, -0.2) is 0 Å². The molecule has 0 saturated carbocycles. The summed E-state index contributed by atoms with van der Waals surface area (Å²) in [5, 5.41) is 5.09. The largest absolute Gasteiger partial charge is 0.0654 e. The molecule has 0 nitrogen and oxygen atoms in total. The number of fused-ring (bicyclic) bond motifs is 2. The van der Waals surface area contributed by atoms with Gasteiger partial charge in [0.15, 0.2) is 0 Å². The lowest BCUT2D eigenvalue weighted by atomic mass is 10.00. The number of halogens is 2. The van der Waals surface area contributed by atoms with Gasteiger partial charge in [-0.15, -0.1) is 0 Å². The molecule has 0 fully saturated rings. The fourth-order valence-corrected chi connectivity index (χ4v) is 4.02. The van der Waals surface area contributed by atoms with Gasteiger partial charge < -0.3 is 0 Å². The maximum atomic E-state index is 3.80. The Morgan fingerprint density at radius 2 is 1.40 bits per heavy atom. The summed E-state index contributed by atoms with van der Waals surface area (Å²) in [7, 11) is 0. The minimum Gasteiger partial charge on any atom is -0.0654 e. The summed E-state index contributed by atoms with van der Waals surface area (Å²) in [6.07, 6.45) is 3.64. The molecule has 2 heteroatoms. The van der Waals surface area contributed by atoms with Crippen LogP contribution in [0.15, 0.2) is 51.4 Å². The first-order valence-electron chi connectivity index (χ1n) is 7.00. The smallest absolute Gasteiger partial charge is 0.0333 e. The van der Waals surface area contributed by atoms with E-state index in [2.05, 4.69) is 81.2 Å². The molecular formula is C18H16Br2. The zero-order valence-electron chi connectivity index (χ0n) is 11.4. The molecule has 0 heterocycles. The van der Waals surface area contributed by atoms with Crippen LogP contribution < -0.4 is 0 Å². The molecule has 3 rings (SSSR count). The molecule has 0 N–H and O–H groups in total. The second-order valence-electron chi connectivity index (χ2n) is 5.16. The van der Waals surface area contributed by atoms with Gasteiger partial charge in [-0.3, -0.25) is 0 Å². The number of benzene rings is 3. The second-order valence-corrected chi connectivity index (χ2v) is 6.74. The van der Waals surface area contributed by atoms with E-state index in [1.54, 1.807) is 0 Å². The van der Waals surface area contributed by atoms with Crippen molar-refractivity contribution in [3.8, 4) is 0 Å². The fourth-order valence-electron chi connectivity index (χ4n) is 2.66. The van der Waals surface area contributed by atoms with Crippen molar-refractivity contribution < 1.29 is 0 Å². The van der Waals surface area contributed by atoms with E-state index in [1.165, 1.54) is 48.9 Å². The van der Waals surface area contributed by atoms with Crippen molar-refractivity contribution in [3.05, 3.63) is 57.0 Å². The maximum Gasteiger partial charge on any atom is 0.0333 e. The van der Waals surface area contributed by atoms with Gasteiger partial charge in [-0.2, -0.15) is 0 Å². The van der Waals surface area contributed by atoms with E-state index in [0.29, 0.717) is 0 Å². The fraction of sp³-hybridized carbons (Fsp3) is 0.222. The molecule has 0 unspecified atom stereocenters. The number of rotatable bonds is 3. The van der Waals surface area contributed by atoms with Gasteiger partial charge in [0.1, 0.15) is 0 Å². The van der Waals surface area contributed by atoms with E-state index >= 15 is 0 Å². The van der Waals surface area contributed by atoms with E-state index in [-0.39, 0.29) is 0 Å². The van der Waals surface area contributed by atoms with Crippen LogP contribution in [0.3, 0.4) is 0 Å². The predicted octanol–water partition coefficient (Wildman–Crippen LogP) is 6.86. The van der Waals surface area contributed by atoms with E-state index < -0.39 is 0 Å². The van der Waals surface area contributed by atoms with E-state index in [4.69, 9.17) is 0 Å². The van der Waals surface area contributed by atoms with Crippen LogP contribution in [0.4, 0.5) is 0 Å². The standard InChI is InChI=1S/C18H16Br2/c1-2-3-6-12-9-10-15-16(11-12)18(20)14-8-5-4-7-13(14)17(15)19/h4-5,7-11H,2-3,6H2,1H3. The second kappa shape index (κ2) is 5.87. The summed E-state index contributed by atoms with van der Waals surface area (Å²) in [5.41, 5.74) is 1.42. The average molecular weight is 392 g/mol. The third kappa shape index (κ3) is 2.40. The highest BCUT2D eigenvalue weighted by Gasteiger charge is 2.10. The van der Waals surface area contributed by atoms with Crippen LogP contribution in [0.5, 0.6) is 0 Å². The zero-order valence-corrected chi connectivity index (χ0v) is 14.6. The predicted molar refractivity (Wildman–Crippen MR) is 95.5 cm³/mol. The molecule has 0 amide bonds. The Morgan fingerprint density at radius 1 is 0.800 bits per heavy atom. The van der Waals surface area contributed by atoms with Gasteiger partial charge in [-0.1, -0.05) is 49.7 Å². The number of hydrogen-bond acceptors (Lipinski definition) is 0. The Hall–Kier alpha value is -0.860. The minimum atomic E-state index is 1.16. The summed E-state index contributed by atoms with van der Waals surface area (Å²) < 4.78 is 2.39. The summed E-state index contributed by atoms with van der Waals surface area (Å²) in [4.78, 5) is 0. The molecular weight excluding hydrogens is 376 g/mol. The van der Waals surface area contributed by atoms with Gasteiger partial charge >= 0.3 is 0 Å². The zero-order chi connectivity index (χ0) is 14.1. The third-order valence-electron chi connectivity index (χ3n) is 3.78. The van der Waals surface area contributed by atoms with Gasteiger partial charge in [0, 0.05) is 8.95 Å². The highest BCUT2D eigenvalue weighted by molar-refractivity contribution is 9.11. The molecule has 0 aliphatic rings. The molecule has 0 atom stereocenters. The lowest BCUT2D eigenvalue weighted by molar-refractivity contribution is 0.796. The number of unbranched alkanes of at least 4 members (excludes halogenated alkanes) is 1. The topological polar surface area (TPSA) is 0 Å². The lowest BCUT2D eigenvalue weighted by Gasteiger charge is -2.11. The van der Waals surface area contributed by atoms with Crippen LogP contribution in [0.25, 0.3) is 21.5 Å². The van der Waals surface area contributed by atoms with Gasteiger partial charge in [0.05, 0.1) is 0 Å². The van der Waals surface area contributed by atoms with Crippen molar-refractivity contribution >= 4 is 53.4 Å². The quantitative estimate of drug-likeness (QED) is 0.427. The first kappa shape index (κ1) is 14.1. The Bertz CT molecular complexity index is 775. The molecule has 3 aromatic rings. The summed E-state index contributed by atoms with van der Waals surface area (Å²) in [5.74, 6) is 0. The Labute approximate surface area is 136 Å². The Morgan fingerprint density at radius 3 is 2.05 bits per heavy atom. The highest BCUT2D eigenvalue weighted by Crippen LogP contribution is 2.39. The van der Waals surface area contributed by atoms with Crippen molar-refractivity contribution in [1.29, 1.82) is 0 Å². The Balaban J connectivity index is 2.29. The van der Waals surface area contributed by atoms with Crippen molar-refractivity contribution in [2.75, 3.05) is 0 Å². The van der Waals surface area contributed by atoms with Crippen molar-refractivity contribution in [2.24, 2.45) is 0 Å². The molecule has 0 aliphatic carbocycles. The van der Waals surface area contributed by atoms with Crippen molar-refractivity contribution in [1.82, 2.24) is 0 Å². The molecule has 0 aromatic heterocycles. The van der Waals surface area contributed by atoms with E-state index in [9.17, 15) is 0 Å². The first-order chi connectivity index (χ1) is 9.72. The van der Waals surface area contributed by atoms with Crippen molar-refractivity contribution in [3.63, 3.8) is 0 Å². The van der Waals surface area contributed by atoms with E-state index in [0.717, 1.165) is 6.42 Å². The molecule has 0 radical (unpaired) electrons. The van der Waals surface area contributed by atoms with Gasteiger partial charge in [0.25, 0.3) is 0 Å². The molecule has 0 bridgehead atoms. The van der Waals surface area contributed by atoms with Crippen LogP contribution in [0, 0.1) is 0 Å². The number of aryl methyl sites for hydroxylation is 1. The molecule has 3 aromatic carbocycles. The van der Waals surface area contributed by atoms with Gasteiger partial charge in [-0.05, 0) is 77.9 Å². The third-order valence-corrected chi connectivity index (χ3v) is 5.48. The van der Waals surface area contributed by atoms with Crippen LogP contribution in [0.1, 0.15) is 25.3 Å². The van der Waals surface area contributed by atoms with Crippen LogP contribution in [-0.2, 0) is 6.42 Å². The molecule has 20 heavy (non-hydrogen) atoms. The van der Waals surface area contributed by atoms with Gasteiger partial charge in [0.2, 0.25) is 0 Å². The van der Waals surface area contributed by atoms with Crippen LogP contribution >= 0.6 is 31.9 Å². The summed E-state index contributed by atoms with van der Waals surface area (Å²) >= 11 is 7.57. The van der Waals surface area contributed by atoms with Crippen molar-refractivity contribution in [2.45, 2.75) is 26.2 Å². The van der Waals surface area contributed by atoms with Crippen LogP contribution in [0.2, 0.25) is 0 Å². The lowest BCUT2D eigenvalue weighted by Crippen LogP contribution is -1.88. The van der Waals surface area contributed by atoms with E-state index in [1.807, 2.05) is 0 Å². The summed E-state index contributed by atoms with van der Waals surface area (Å²) in [6, 6.07) is 15.3.